The lowest BCUT2D eigenvalue weighted by Gasteiger charge is -2.35. The van der Waals surface area contributed by atoms with Crippen LogP contribution in [0.1, 0.15) is 61.5 Å². The summed E-state index contributed by atoms with van der Waals surface area (Å²) in [5, 5.41) is 29.1. The van der Waals surface area contributed by atoms with E-state index in [4.69, 9.17) is 4.74 Å². The topological polar surface area (TPSA) is 115 Å². The minimum Gasteiger partial charge on any atom is -0.456 e. The molecule has 4 heterocycles. The van der Waals surface area contributed by atoms with Crippen LogP contribution in [0.25, 0.3) is 0 Å². The summed E-state index contributed by atoms with van der Waals surface area (Å²) >= 11 is 0. The van der Waals surface area contributed by atoms with Crippen molar-refractivity contribution in [1.29, 1.82) is 5.26 Å². The maximum Gasteiger partial charge on any atom is 0.237 e. The predicted octanol–water partition coefficient (Wildman–Crippen LogP) is 4.01. The summed E-state index contributed by atoms with van der Waals surface area (Å²) in [6.07, 6.45) is 1.23. The highest BCUT2D eigenvalue weighted by Crippen LogP contribution is 2.30. The summed E-state index contributed by atoms with van der Waals surface area (Å²) in [7, 11) is 0. The van der Waals surface area contributed by atoms with Gasteiger partial charge in [-0.3, -0.25) is 9.69 Å². The summed E-state index contributed by atoms with van der Waals surface area (Å²) in [5.41, 5.74) is 4.11. The van der Waals surface area contributed by atoms with Crippen molar-refractivity contribution in [2.75, 3.05) is 26.2 Å². The molecular formula is C31H41N5O4. The number of aliphatic hydroxyl groups excluding tert-OH is 2. The number of fused-ring (bicyclic) bond motifs is 2. The van der Waals surface area contributed by atoms with Gasteiger partial charge in [0.2, 0.25) is 5.91 Å². The molecule has 1 amide bonds. The van der Waals surface area contributed by atoms with Crippen LogP contribution in [0.15, 0.2) is 42.6 Å². The van der Waals surface area contributed by atoms with Crippen molar-refractivity contribution < 1.29 is 19.7 Å². The van der Waals surface area contributed by atoms with Crippen LogP contribution in [0, 0.1) is 18.3 Å². The minimum absolute atomic E-state index is 0.0353. The lowest BCUT2D eigenvalue weighted by atomic mass is 10.00. The molecule has 1 saturated heterocycles. The fourth-order valence-electron chi connectivity index (χ4n) is 4.83. The number of hydrogen-bond acceptors (Lipinski definition) is 7. The molecule has 6 bridgehead atoms. The molecule has 2 N–H and O–H groups in total. The van der Waals surface area contributed by atoms with Gasteiger partial charge in [-0.1, -0.05) is 39.8 Å². The van der Waals surface area contributed by atoms with E-state index >= 15 is 0 Å². The molecule has 3 aliphatic heterocycles. The lowest BCUT2D eigenvalue weighted by Crippen LogP contribution is -2.49. The monoisotopic (exact) mass is 547 g/mol. The number of hydrogen-bond donors (Lipinski definition) is 2. The second-order valence-corrected chi connectivity index (χ2v) is 9.42. The Kier molecular flexibility index (Phi) is 11.3. The number of aliphatic hydroxyl groups is 2. The number of aromatic nitrogens is 2. The van der Waals surface area contributed by atoms with Gasteiger partial charge in [0, 0.05) is 45.3 Å². The average Bonchev–Trinajstić information content (AvgIpc) is 3.31. The van der Waals surface area contributed by atoms with Gasteiger partial charge in [-0.05, 0) is 47.9 Å². The number of nitrogens with zero attached hydrogens (tertiary/aromatic N) is 5. The molecule has 3 aromatic rings. The van der Waals surface area contributed by atoms with Crippen molar-refractivity contribution in [1.82, 2.24) is 19.4 Å². The SMILES string of the molecule is CC.CC.Cc1ncc2n1Cc1ccc(C#N)c(c1)Oc1ccc(CC(O)CO)c(c1)CN1CCN(CC1=O)C2. The molecule has 2 unspecified atom stereocenters. The maximum atomic E-state index is 13.1. The number of benzene rings is 2. The number of carbonyl (C=O) groups excluding carboxylic acids is 1. The Morgan fingerprint density at radius 3 is 2.52 bits per heavy atom. The Morgan fingerprint density at radius 2 is 1.82 bits per heavy atom. The third-order valence-corrected chi connectivity index (χ3v) is 6.86. The number of ether oxygens (including phenoxy) is 1. The summed E-state index contributed by atoms with van der Waals surface area (Å²) in [4.78, 5) is 21.6. The van der Waals surface area contributed by atoms with Crippen molar-refractivity contribution in [2.45, 2.75) is 66.8 Å². The number of carbonyl (C=O) groups is 1. The van der Waals surface area contributed by atoms with Gasteiger partial charge in [0.25, 0.3) is 0 Å². The normalized spacial score (nSPS) is 16.8. The number of aryl methyl sites for hydroxylation is 1. The van der Waals surface area contributed by atoms with E-state index in [1.165, 1.54) is 0 Å². The molecule has 0 radical (unpaired) electrons. The largest absolute Gasteiger partial charge is 0.456 e. The van der Waals surface area contributed by atoms with Gasteiger partial charge in [-0.2, -0.15) is 5.26 Å². The van der Waals surface area contributed by atoms with E-state index in [0.717, 1.165) is 34.8 Å². The van der Waals surface area contributed by atoms with Crippen LogP contribution in [0.4, 0.5) is 0 Å². The molecule has 9 heteroatoms. The zero-order valence-electron chi connectivity index (χ0n) is 24.2. The van der Waals surface area contributed by atoms with E-state index in [2.05, 4.69) is 20.5 Å². The van der Waals surface area contributed by atoms with Crippen molar-refractivity contribution in [2.24, 2.45) is 0 Å². The van der Waals surface area contributed by atoms with Crippen molar-refractivity contribution in [3.8, 4) is 17.6 Å². The molecule has 2 aromatic carbocycles. The first-order chi connectivity index (χ1) is 19.4. The van der Waals surface area contributed by atoms with Gasteiger partial charge in [0.1, 0.15) is 23.4 Å². The van der Waals surface area contributed by atoms with Gasteiger partial charge in [-0.15, -0.1) is 0 Å². The average molecular weight is 548 g/mol. The van der Waals surface area contributed by atoms with E-state index in [1.807, 2.05) is 70.0 Å². The second kappa shape index (κ2) is 14.6. The number of rotatable bonds is 3. The van der Waals surface area contributed by atoms with Gasteiger partial charge in [-0.25, -0.2) is 4.98 Å². The fraction of sp³-hybridized carbons (Fsp3) is 0.452. The predicted molar refractivity (Wildman–Crippen MR) is 154 cm³/mol. The molecule has 0 aliphatic carbocycles. The minimum atomic E-state index is -0.892. The summed E-state index contributed by atoms with van der Waals surface area (Å²) in [5.74, 6) is 1.91. The second-order valence-electron chi connectivity index (χ2n) is 9.42. The van der Waals surface area contributed by atoms with Gasteiger partial charge >= 0.3 is 0 Å². The Hall–Kier alpha value is -3.71. The number of nitriles is 1. The van der Waals surface area contributed by atoms with Gasteiger partial charge in [0.05, 0.1) is 30.5 Å². The fourth-order valence-corrected chi connectivity index (χ4v) is 4.83. The molecular weight excluding hydrogens is 506 g/mol. The Bertz CT molecular complexity index is 1330. The number of amides is 1. The first-order valence-electron chi connectivity index (χ1n) is 14.1. The summed E-state index contributed by atoms with van der Waals surface area (Å²) in [6, 6.07) is 13.3. The number of piperazine rings is 1. The van der Waals surface area contributed by atoms with E-state index < -0.39 is 6.10 Å². The highest BCUT2D eigenvalue weighted by atomic mass is 16.5. The molecule has 1 fully saturated rings. The molecule has 2 atom stereocenters. The zero-order chi connectivity index (χ0) is 29.2. The first-order valence-corrected chi connectivity index (χ1v) is 14.1. The quantitative estimate of drug-likeness (QED) is 0.509. The molecule has 214 valence electrons. The van der Waals surface area contributed by atoms with Crippen molar-refractivity contribution in [3.05, 3.63) is 76.4 Å². The van der Waals surface area contributed by atoms with Crippen LogP contribution in [-0.2, 0) is 30.8 Å². The van der Waals surface area contributed by atoms with Crippen LogP contribution in [0.2, 0.25) is 0 Å². The van der Waals surface area contributed by atoms with Crippen LogP contribution < -0.4 is 4.74 Å². The third-order valence-electron chi connectivity index (χ3n) is 6.86. The van der Waals surface area contributed by atoms with Crippen molar-refractivity contribution >= 4 is 5.91 Å². The molecule has 3 aliphatic rings. The lowest BCUT2D eigenvalue weighted by molar-refractivity contribution is -0.136. The van der Waals surface area contributed by atoms with E-state index in [9.17, 15) is 20.3 Å². The van der Waals surface area contributed by atoms with Crippen LogP contribution in [-0.4, -0.2) is 67.8 Å². The Labute approximate surface area is 237 Å². The highest BCUT2D eigenvalue weighted by Gasteiger charge is 2.26. The molecule has 1 aromatic heterocycles. The molecule has 0 saturated carbocycles. The standard InChI is InChI=1S/C27H29N5O4.2C2H6/c1-18-29-12-23-15-30-6-7-31(27(35)16-30)14-22-10-25(5-4-20(22)9-24(34)17-33)36-26-8-19(13-32(18)23)2-3-21(26)11-28;2*1-2/h2-5,8,10,12,24,33-34H,6-7,9,13-17H2,1H3;2*1-2H3. The van der Waals surface area contributed by atoms with Crippen LogP contribution in [0.3, 0.4) is 0 Å². The van der Waals surface area contributed by atoms with Crippen LogP contribution >= 0.6 is 0 Å². The van der Waals surface area contributed by atoms with Crippen LogP contribution in [0.5, 0.6) is 11.5 Å². The molecule has 6 rings (SSSR count). The van der Waals surface area contributed by atoms with Gasteiger partial charge in [0.15, 0.2) is 0 Å². The Morgan fingerprint density at radius 1 is 1.05 bits per heavy atom. The maximum absolute atomic E-state index is 13.1. The molecule has 40 heavy (non-hydrogen) atoms. The zero-order valence-corrected chi connectivity index (χ0v) is 24.2. The first kappa shape index (κ1) is 30.8. The van der Waals surface area contributed by atoms with Gasteiger partial charge < -0.3 is 24.4 Å². The smallest absolute Gasteiger partial charge is 0.237 e. The van der Waals surface area contributed by atoms with E-state index in [-0.39, 0.29) is 18.9 Å². The summed E-state index contributed by atoms with van der Waals surface area (Å²) in [6.45, 7) is 12.8. The van der Waals surface area contributed by atoms with E-state index in [0.29, 0.717) is 49.8 Å². The summed E-state index contributed by atoms with van der Waals surface area (Å²) < 4.78 is 8.33. The van der Waals surface area contributed by atoms with Crippen molar-refractivity contribution in [3.63, 3.8) is 0 Å². The third kappa shape index (κ3) is 7.27. The molecule has 0 spiro atoms. The Balaban J connectivity index is 0.00000106. The van der Waals surface area contributed by atoms with E-state index in [1.54, 1.807) is 12.1 Å². The molecule has 9 nitrogen and oxygen atoms in total. The number of imidazole rings is 1. The highest BCUT2D eigenvalue weighted by molar-refractivity contribution is 5.79.